The Labute approximate surface area is 186 Å². The topological polar surface area (TPSA) is 74.0 Å². The van der Waals surface area contributed by atoms with Crippen LogP contribution in [-0.2, 0) is 4.79 Å². The van der Waals surface area contributed by atoms with Crippen LogP contribution >= 0.6 is 23.8 Å². The van der Waals surface area contributed by atoms with Crippen LogP contribution in [0.25, 0.3) is 0 Å². The van der Waals surface area contributed by atoms with Crippen molar-refractivity contribution >= 4 is 46.2 Å². The molecule has 4 rings (SSSR count). The number of benzene rings is 2. The Morgan fingerprint density at radius 1 is 1.20 bits per heavy atom. The van der Waals surface area contributed by atoms with Crippen LogP contribution in [0.2, 0.25) is 5.02 Å². The standard InChI is InChI=1S/C22H24ClN5OS/c1-27-18-8-7-15(23)13-17(18)19(14-5-3-2-4-6-14)25-20(21(27)29)26-22(30)28-11-9-16(24)10-12-28/h2-8,13,16,20H,9-12,24H2,1H3,(H,26,30). The molecular weight excluding hydrogens is 418 g/mol. The number of benzodiazepines with no additional fused rings is 1. The van der Waals surface area contributed by atoms with E-state index in [4.69, 9.17) is 34.5 Å². The zero-order valence-electron chi connectivity index (χ0n) is 16.7. The van der Waals surface area contributed by atoms with Crippen LogP contribution in [0.3, 0.4) is 0 Å². The van der Waals surface area contributed by atoms with E-state index in [1.54, 1.807) is 18.0 Å². The second kappa shape index (κ2) is 8.71. The summed E-state index contributed by atoms with van der Waals surface area (Å²) in [5.74, 6) is -0.180. The van der Waals surface area contributed by atoms with Gasteiger partial charge in [0.2, 0.25) is 6.17 Å². The fourth-order valence-electron chi connectivity index (χ4n) is 3.78. The van der Waals surface area contributed by atoms with Gasteiger partial charge in [0.05, 0.1) is 11.4 Å². The van der Waals surface area contributed by atoms with E-state index in [9.17, 15) is 4.79 Å². The largest absolute Gasteiger partial charge is 0.349 e. The Balaban J connectivity index is 1.71. The van der Waals surface area contributed by atoms with E-state index in [2.05, 4.69) is 10.2 Å². The molecule has 156 valence electrons. The predicted octanol–water partition coefficient (Wildman–Crippen LogP) is 2.78. The molecule has 0 spiro atoms. The highest BCUT2D eigenvalue weighted by molar-refractivity contribution is 7.80. The molecule has 0 saturated carbocycles. The van der Waals surface area contributed by atoms with Crippen LogP contribution in [0.5, 0.6) is 0 Å². The van der Waals surface area contributed by atoms with Crippen molar-refractivity contribution in [3.63, 3.8) is 0 Å². The molecule has 1 saturated heterocycles. The second-order valence-electron chi connectivity index (χ2n) is 7.58. The van der Waals surface area contributed by atoms with Crippen LogP contribution in [0.4, 0.5) is 5.69 Å². The Morgan fingerprint density at radius 2 is 1.90 bits per heavy atom. The molecule has 30 heavy (non-hydrogen) atoms. The van der Waals surface area contributed by atoms with Gasteiger partial charge in [0.1, 0.15) is 0 Å². The van der Waals surface area contributed by atoms with E-state index in [0.717, 1.165) is 42.7 Å². The minimum atomic E-state index is -0.834. The number of rotatable bonds is 2. The maximum absolute atomic E-state index is 13.3. The molecule has 1 amide bonds. The van der Waals surface area contributed by atoms with Crippen LogP contribution in [0.15, 0.2) is 53.5 Å². The molecule has 2 aromatic rings. The number of piperidine rings is 1. The quantitative estimate of drug-likeness (QED) is 0.701. The molecule has 1 unspecified atom stereocenters. The first-order valence-electron chi connectivity index (χ1n) is 9.96. The number of nitrogens with zero attached hydrogens (tertiary/aromatic N) is 3. The van der Waals surface area contributed by atoms with Crippen LogP contribution in [0.1, 0.15) is 24.0 Å². The first kappa shape index (κ1) is 20.8. The number of amides is 1. The molecule has 3 N–H and O–H groups in total. The van der Waals surface area contributed by atoms with Gasteiger partial charge in [-0.05, 0) is 43.3 Å². The molecule has 1 atom stereocenters. The number of likely N-dealkylation sites (N-methyl/N-ethyl adjacent to an activating group) is 1. The summed E-state index contributed by atoms with van der Waals surface area (Å²) in [6.45, 7) is 1.55. The highest BCUT2D eigenvalue weighted by atomic mass is 35.5. The number of nitrogens with one attached hydrogen (secondary N) is 1. The first-order chi connectivity index (χ1) is 14.4. The average molecular weight is 442 g/mol. The number of carbonyl (C=O) groups excluding carboxylic acids is 1. The molecule has 2 aliphatic heterocycles. The summed E-state index contributed by atoms with van der Waals surface area (Å²) < 4.78 is 0. The molecule has 0 aromatic heterocycles. The summed E-state index contributed by atoms with van der Waals surface area (Å²) in [6.07, 6.45) is 0.922. The van der Waals surface area contributed by atoms with E-state index in [-0.39, 0.29) is 11.9 Å². The van der Waals surface area contributed by atoms with Crippen molar-refractivity contribution in [2.24, 2.45) is 10.7 Å². The van der Waals surface area contributed by atoms with Gasteiger partial charge in [0.25, 0.3) is 5.91 Å². The van der Waals surface area contributed by atoms with Gasteiger partial charge in [-0.25, -0.2) is 4.99 Å². The molecule has 1 fully saturated rings. The summed E-state index contributed by atoms with van der Waals surface area (Å²) in [6, 6.07) is 15.5. The lowest BCUT2D eigenvalue weighted by atomic mass is 10.0. The van der Waals surface area contributed by atoms with Crippen molar-refractivity contribution in [1.29, 1.82) is 0 Å². The van der Waals surface area contributed by atoms with Crippen molar-refractivity contribution in [3.05, 3.63) is 64.7 Å². The number of carbonyl (C=O) groups is 1. The Hall–Kier alpha value is -2.48. The van der Waals surface area contributed by atoms with E-state index < -0.39 is 6.17 Å². The maximum Gasteiger partial charge on any atom is 0.272 e. The number of hydrogen-bond donors (Lipinski definition) is 2. The molecule has 0 radical (unpaired) electrons. The number of likely N-dealkylation sites (tertiary alicyclic amines) is 1. The van der Waals surface area contributed by atoms with Gasteiger partial charge in [0.15, 0.2) is 5.11 Å². The lowest BCUT2D eigenvalue weighted by Crippen LogP contribution is -2.53. The Bertz CT molecular complexity index is 988. The fourth-order valence-corrected chi connectivity index (χ4v) is 4.24. The van der Waals surface area contributed by atoms with Gasteiger partial charge < -0.3 is 20.9 Å². The zero-order chi connectivity index (χ0) is 21.3. The summed E-state index contributed by atoms with van der Waals surface area (Å²) >= 11 is 11.9. The Kier molecular flexibility index (Phi) is 6.04. The van der Waals surface area contributed by atoms with Gasteiger partial charge in [-0.2, -0.15) is 0 Å². The summed E-state index contributed by atoms with van der Waals surface area (Å²) in [7, 11) is 1.75. The molecule has 2 aliphatic rings. The lowest BCUT2D eigenvalue weighted by molar-refractivity contribution is -0.119. The molecule has 2 heterocycles. The molecule has 2 aromatic carbocycles. The Morgan fingerprint density at radius 3 is 2.60 bits per heavy atom. The van der Waals surface area contributed by atoms with Gasteiger partial charge in [-0.1, -0.05) is 41.9 Å². The SMILES string of the molecule is CN1C(=O)C(NC(=S)N2CCC(N)CC2)N=C(c2ccccc2)c2cc(Cl)ccc21. The van der Waals surface area contributed by atoms with Gasteiger partial charge in [-0.3, -0.25) is 4.79 Å². The minimum absolute atomic E-state index is 0.180. The van der Waals surface area contributed by atoms with Crippen molar-refractivity contribution in [1.82, 2.24) is 10.2 Å². The summed E-state index contributed by atoms with van der Waals surface area (Å²) in [5, 5.41) is 4.29. The van der Waals surface area contributed by atoms with E-state index >= 15 is 0 Å². The van der Waals surface area contributed by atoms with E-state index in [1.807, 2.05) is 42.5 Å². The number of anilines is 1. The third-order valence-electron chi connectivity index (χ3n) is 5.53. The number of thiocarbonyl (C=S) groups is 1. The number of halogens is 1. The second-order valence-corrected chi connectivity index (χ2v) is 8.40. The number of fused-ring (bicyclic) bond motifs is 1. The highest BCUT2D eigenvalue weighted by Gasteiger charge is 2.31. The number of nitrogens with two attached hydrogens (primary N) is 1. The van der Waals surface area contributed by atoms with Gasteiger partial charge in [-0.15, -0.1) is 0 Å². The fraction of sp³-hybridized carbons (Fsp3) is 0.318. The third kappa shape index (κ3) is 4.19. The van der Waals surface area contributed by atoms with Crippen molar-refractivity contribution in [3.8, 4) is 0 Å². The van der Waals surface area contributed by atoms with Gasteiger partial charge >= 0.3 is 0 Å². The summed E-state index contributed by atoms with van der Waals surface area (Å²) in [4.78, 5) is 21.8. The van der Waals surface area contributed by atoms with E-state index in [0.29, 0.717) is 15.8 Å². The van der Waals surface area contributed by atoms with Crippen LogP contribution in [-0.4, -0.2) is 54.0 Å². The number of aliphatic imine (C=N–C) groups is 1. The molecule has 8 heteroatoms. The zero-order valence-corrected chi connectivity index (χ0v) is 18.3. The first-order valence-corrected chi connectivity index (χ1v) is 10.7. The average Bonchev–Trinajstić information content (AvgIpc) is 2.85. The van der Waals surface area contributed by atoms with Gasteiger partial charge in [0, 0.05) is 42.3 Å². The van der Waals surface area contributed by atoms with Crippen LogP contribution < -0.4 is 16.0 Å². The molecule has 0 aliphatic carbocycles. The monoisotopic (exact) mass is 441 g/mol. The molecule has 0 bridgehead atoms. The predicted molar refractivity (Wildman–Crippen MR) is 125 cm³/mol. The normalized spacial score (nSPS) is 19.8. The maximum atomic E-state index is 13.3. The number of hydrogen-bond acceptors (Lipinski definition) is 4. The lowest BCUT2D eigenvalue weighted by Gasteiger charge is -2.33. The minimum Gasteiger partial charge on any atom is -0.349 e. The molecule has 6 nitrogen and oxygen atoms in total. The molecular formula is C22H24ClN5OS. The summed E-state index contributed by atoms with van der Waals surface area (Å²) in [5.41, 5.74) is 9.18. The van der Waals surface area contributed by atoms with Crippen molar-refractivity contribution in [2.75, 3.05) is 25.0 Å². The third-order valence-corrected chi connectivity index (χ3v) is 6.14. The highest BCUT2D eigenvalue weighted by Crippen LogP contribution is 2.30. The van der Waals surface area contributed by atoms with Crippen molar-refractivity contribution in [2.45, 2.75) is 25.0 Å². The van der Waals surface area contributed by atoms with Crippen LogP contribution in [0, 0.1) is 0 Å². The van der Waals surface area contributed by atoms with Crippen molar-refractivity contribution < 1.29 is 4.79 Å². The van der Waals surface area contributed by atoms with E-state index in [1.165, 1.54) is 0 Å². The smallest absolute Gasteiger partial charge is 0.272 e.